The van der Waals surface area contributed by atoms with Crippen molar-refractivity contribution in [3.8, 4) is 0 Å². The third kappa shape index (κ3) is 19.5. The van der Waals surface area contributed by atoms with Crippen LogP contribution in [0.25, 0.3) is 0 Å². The zero-order chi connectivity index (χ0) is 43.9. The van der Waals surface area contributed by atoms with Crippen molar-refractivity contribution in [1.82, 2.24) is 19.6 Å². The average Bonchev–Trinajstić information content (AvgIpc) is 3.03. The topological polar surface area (TPSA) is 13.0 Å². The molecular weight excluding hydrogens is 681 g/mol. The SMILES string of the molecule is CC(C)(C)C1CCC(C(C)(C)C)CC1.CC(C)(C)C1CCN(C(C)(C)C)CC1.CC(C)(C)C1CCN(C(C)(C)C)CC1.CC(C)(C)N1CCN(C(C)(C)C)CC1. The molecule has 0 N–H and O–H groups in total. The number of piperazine rings is 1. The van der Waals surface area contributed by atoms with Crippen LogP contribution >= 0.6 is 0 Å². The average molecular weight is 789 g/mol. The lowest BCUT2D eigenvalue weighted by Crippen LogP contribution is -2.57. The molecule has 0 aromatic heterocycles. The van der Waals surface area contributed by atoms with Crippen LogP contribution in [0.1, 0.15) is 218 Å². The molecule has 3 heterocycles. The molecule has 4 aliphatic rings. The van der Waals surface area contributed by atoms with Crippen molar-refractivity contribution >= 4 is 0 Å². The zero-order valence-electron chi connectivity index (χ0n) is 43.4. The summed E-state index contributed by atoms with van der Waals surface area (Å²) in [5.41, 5.74) is 3.47. The minimum Gasteiger partial charge on any atom is -0.298 e. The maximum Gasteiger partial charge on any atom is 0.0126 e. The van der Waals surface area contributed by atoms with E-state index >= 15 is 0 Å². The molecule has 0 atom stereocenters. The molecule has 0 spiro atoms. The molecule has 3 aliphatic heterocycles. The molecule has 0 aromatic carbocycles. The smallest absolute Gasteiger partial charge is 0.0126 e. The largest absolute Gasteiger partial charge is 0.298 e. The van der Waals surface area contributed by atoms with Gasteiger partial charge in [-0.05, 0) is 206 Å². The van der Waals surface area contributed by atoms with E-state index in [1.807, 2.05) is 0 Å². The molecule has 0 radical (unpaired) electrons. The van der Waals surface area contributed by atoms with Gasteiger partial charge in [0.2, 0.25) is 0 Å². The summed E-state index contributed by atoms with van der Waals surface area (Å²) in [5, 5.41) is 0. The molecule has 3 saturated heterocycles. The Labute approximate surface area is 355 Å². The van der Waals surface area contributed by atoms with Gasteiger partial charge in [0.05, 0.1) is 0 Å². The van der Waals surface area contributed by atoms with Gasteiger partial charge in [-0.15, -0.1) is 0 Å². The summed E-state index contributed by atoms with van der Waals surface area (Å²) in [6, 6.07) is 0. The summed E-state index contributed by atoms with van der Waals surface area (Å²) in [5.74, 6) is 3.75. The normalized spacial score (nSPS) is 24.6. The summed E-state index contributed by atoms with van der Waals surface area (Å²) in [7, 11) is 0. The maximum absolute atomic E-state index is 2.62. The van der Waals surface area contributed by atoms with Crippen molar-refractivity contribution in [2.45, 2.75) is 240 Å². The van der Waals surface area contributed by atoms with E-state index in [0.29, 0.717) is 43.8 Å². The van der Waals surface area contributed by atoms with Crippen molar-refractivity contribution in [2.24, 2.45) is 45.3 Å². The third-order valence-corrected chi connectivity index (χ3v) is 14.7. The Balaban J connectivity index is 0.000000373. The lowest BCUT2D eigenvalue weighted by Gasteiger charge is -2.46. The summed E-state index contributed by atoms with van der Waals surface area (Å²) in [6.07, 6.45) is 11.3. The highest BCUT2D eigenvalue weighted by Gasteiger charge is 2.36. The summed E-state index contributed by atoms with van der Waals surface area (Å²) < 4.78 is 0. The Morgan fingerprint density at radius 3 is 0.500 bits per heavy atom. The van der Waals surface area contributed by atoms with Crippen molar-refractivity contribution < 1.29 is 0 Å². The van der Waals surface area contributed by atoms with Crippen LogP contribution in [0.2, 0.25) is 0 Å². The molecular formula is C52H108N4. The Morgan fingerprint density at radius 1 is 0.214 bits per heavy atom. The first-order valence-electron chi connectivity index (χ1n) is 23.8. The fraction of sp³-hybridized carbons (Fsp3) is 1.00. The van der Waals surface area contributed by atoms with Crippen LogP contribution in [-0.4, -0.2) is 94.1 Å². The number of likely N-dealkylation sites (tertiary alicyclic amines) is 2. The second-order valence-electron chi connectivity index (χ2n) is 27.2. The van der Waals surface area contributed by atoms with Crippen molar-refractivity contribution in [3.63, 3.8) is 0 Å². The number of rotatable bonds is 0. The molecule has 0 amide bonds. The van der Waals surface area contributed by atoms with E-state index in [9.17, 15) is 0 Å². The van der Waals surface area contributed by atoms with E-state index in [2.05, 4.69) is 186 Å². The van der Waals surface area contributed by atoms with Gasteiger partial charge in [0.1, 0.15) is 0 Å². The molecule has 4 fully saturated rings. The lowest BCUT2D eigenvalue weighted by atomic mass is 9.64. The minimum absolute atomic E-state index is 0.337. The summed E-state index contributed by atoms with van der Waals surface area (Å²) in [4.78, 5) is 10.4. The van der Waals surface area contributed by atoms with E-state index in [-0.39, 0.29) is 0 Å². The van der Waals surface area contributed by atoms with Gasteiger partial charge in [-0.2, -0.15) is 0 Å². The van der Waals surface area contributed by atoms with Gasteiger partial charge >= 0.3 is 0 Å². The van der Waals surface area contributed by atoms with Gasteiger partial charge in [-0.25, -0.2) is 0 Å². The number of hydrogen-bond donors (Lipinski definition) is 0. The Morgan fingerprint density at radius 2 is 0.357 bits per heavy atom. The minimum atomic E-state index is 0.337. The molecule has 4 nitrogen and oxygen atoms in total. The van der Waals surface area contributed by atoms with E-state index in [1.54, 1.807) is 0 Å². The fourth-order valence-corrected chi connectivity index (χ4v) is 9.71. The quantitative estimate of drug-likeness (QED) is 0.242. The molecule has 0 unspecified atom stereocenters. The van der Waals surface area contributed by atoms with Gasteiger partial charge < -0.3 is 0 Å². The van der Waals surface area contributed by atoms with E-state index in [0.717, 1.165) is 23.7 Å². The highest BCUT2D eigenvalue weighted by atomic mass is 15.3. The number of nitrogens with zero attached hydrogens (tertiary/aromatic N) is 4. The Bertz CT molecular complexity index is 786. The van der Waals surface area contributed by atoms with Gasteiger partial charge in [-0.3, -0.25) is 19.6 Å². The second kappa shape index (κ2) is 20.6. The van der Waals surface area contributed by atoms with Crippen molar-refractivity contribution in [1.29, 1.82) is 0 Å². The maximum atomic E-state index is 2.62. The van der Waals surface area contributed by atoms with Crippen molar-refractivity contribution in [3.05, 3.63) is 0 Å². The van der Waals surface area contributed by atoms with Crippen LogP contribution in [0.5, 0.6) is 0 Å². The predicted octanol–water partition coefficient (Wildman–Crippen LogP) is 14.2. The number of piperidine rings is 2. The molecule has 0 aromatic rings. The monoisotopic (exact) mass is 789 g/mol. The Kier molecular flexibility index (Phi) is 19.8. The predicted molar refractivity (Wildman–Crippen MR) is 254 cm³/mol. The van der Waals surface area contributed by atoms with Gasteiger partial charge in [0, 0.05) is 48.3 Å². The van der Waals surface area contributed by atoms with Crippen LogP contribution in [-0.2, 0) is 0 Å². The van der Waals surface area contributed by atoms with Crippen LogP contribution in [0.15, 0.2) is 0 Å². The molecule has 4 heteroatoms. The molecule has 1 aliphatic carbocycles. The number of hydrogen-bond acceptors (Lipinski definition) is 4. The van der Waals surface area contributed by atoms with E-state index in [1.165, 1.54) is 104 Å². The standard InChI is InChI=1S/C14H28.2C13H27N.C12H26N2/c1-13(2,3)11-7-9-12(10-8-11)14(4,5)6;2*1-12(2,3)11-7-9-14(10-8-11)13(4,5)6;1-11(2,3)13-7-9-14(10-8-13)12(4,5)6/h11-12H,7-10H2,1-6H3;2*11H,7-10H2,1-6H3;7-10H2,1-6H3. The molecule has 1 saturated carbocycles. The van der Waals surface area contributed by atoms with Crippen molar-refractivity contribution in [2.75, 3.05) is 52.4 Å². The van der Waals surface area contributed by atoms with Crippen LogP contribution in [0, 0.1) is 45.3 Å². The first-order valence-corrected chi connectivity index (χ1v) is 23.8. The van der Waals surface area contributed by atoms with Crippen LogP contribution < -0.4 is 0 Å². The molecule has 336 valence electrons. The highest BCUT2D eigenvalue weighted by molar-refractivity contribution is 4.89. The van der Waals surface area contributed by atoms with Crippen LogP contribution in [0.3, 0.4) is 0 Å². The molecule has 56 heavy (non-hydrogen) atoms. The lowest BCUT2D eigenvalue weighted by molar-refractivity contribution is 0.0211. The fourth-order valence-electron chi connectivity index (χ4n) is 9.71. The zero-order valence-corrected chi connectivity index (χ0v) is 43.4. The third-order valence-electron chi connectivity index (χ3n) is 14.7. The Hall–Kier alpha value is -0.160. The molecule has 4 rings (SSSR count). The second-order valence-corrected chi connectivity index (χ2v) is 27.2. The molecule has 0 bridgehead atoms. The van der Waals surface area contributed by atoms with E-state index in [4.69, 9.17) is 0 Å². The van der Waals surface area contributed by atoms with Crippen LogP contribution in [0.4, 0.5) is 0 Å². The first kappa shape index (κ1) is 53.9. The summed E-state index contributed by atoms with van der Waals surface area (Å²) >= 11 is 0. The van der Waals surface area contributed by atoms with E-state index < -0.39 is 0 Å². The summed E-state index contributed by atoms with van der Waals surface area (Å²) in [6.45, 7) is 66.4. The van der Waals surface area contributed by atoms with Gasteiger partial charge in [0.15, 0.2) is 0 Å². The highest BCUT2D eigenvalue weighted by Crippen LogP contribution is 2.45. The first-order chi connectivity index (χ1) is 24.8. The van der Waals surface area contributed by atoms with Gasteiger partial charge in [-0.1, -0.05) is 83.1 Å². The van der Waals surface area contributed by atoms with Gasteiger partial charge in [0.25, 0.3) is 0 Å².